The minimum absolute atomic E-state index is 0.0490. The van der Waals surface area contributed by atoms with Gasteiger partial charge in [-0.2, -0.15) is 0 Å². The number of amides is 1. The molecule has 9 heteroatoms. The van der Waals surface area contributed by atoms with Crippen molar-refractivity contribution in [2.24, 2.45) is 17.6 Å². The van der Waals surface area contributed by atoms with Gasteiger partial charge in [0.05, 0.1) is 27.4 Å². The van der Waals surface area contributed by atoms with Gasteiger partial charge in [0, 0.05) is 28.6 Å². The summed E-state index contributed by atoms with van der Waals surface area (Å²) in [6.45, 7) is 11.8. The molecule has 0 bridgehead atoms. The summed E-state index contributed by atoms with van der Waals surface area (Å²) in [6, 6.07) is 18.0. The van der Waals surface area contributed by atoms with Crippen LogP contribution in [0.25, 0.3) is 0 Å². The first kappa shape index (κ1) is 38.4. The number of carboxylic acid groups (broad SMARTS) is 1. The zero-order valence-corrected chi connectivity index (χ0v) is 29.1. The smallest absolute Gasteiger partial charge is 0.290 e. The summed E-state index contributed by atoms with van der Waals surface area (Å²) in [6.07, 6.45) is 4.17. The van der Waals surface area contributed by atoms with E-state index in [1.165, 1.54) is 12.8 Å². The van der Waals surface area contributed by atoms with Gasteiger partial charge < -0.3 is 30.0 Å². The van der Waals surface area contributed by atoms with E-state index in [9.17, 15) is 4.79 Å². The maximum atomic E-state index is 13.6. The van der Waals surface area contributed by atoms with Crippen LogP contribution in [0.15, 0.2) is 54.6 Å². The number of carbonyl (C=O) groups excluding carboxylic acids is 1. The maximum Gasteiger partial charge on any atom is 0.290 e. The Morgan fingerprint density at radius 2 is 1.67 bits per heavy atom. The number of unbranched alkanes of at least 4 members (excludes halogenated alkanes) is 1. The highest BCUT2D eigenvalue weighted by Crippen LogP contribution is 2.58. The first-order chi connectivity index (χ1) is 22.2. The Morgan fingerprint density at radius 1 is 1.00 bits per heavy atom. The molecule has 252 valence electrons. The number of nitrogens with zero attached hydrogens (tertiary/aromatic N) is 1. The van der Waals surface area contributed by atoms with Gasteiger partial charge in [-0.1, -0.05) is 63.4 Å². The zero-order valence-electron chi connectivity index (χ0n) is 28.3. The number of carbonyl (C=O) groups is 2. The van der Waals surface area contributed by atoms with E-state index < -0.39 is 0 Å². The lowest BCUT2D eigenvalue weighted by Gasteiger charge is -2.32. The molecular formula is C37H51ClN2O6. The summed E-state index contributed by atoms with van der Waals surface area (Å²) in [5, 5.41) is 7.55. The van der Waals surface area contributed by atoms with Crippen LogP contribution in [0, 0.1) is 18.8 Å². The van der Waals surface area contributed by atoms with Crippen molar-refractivity contribution in [1.82, 2.24) is 0 Å². The molecule has 3 aromatic carbocycles. The van der Waals surface area contributed by atoms with Crippen LogP contribution in [0.2, 0.25) is 5.02 Å². The molecule has 0 saturated heterocycles. The molecule has 2 unspecified atom stereocenters. The van der Waals surface area contributed by atoms with Crippen molar-refractivity contribution in [2.45, 2.75) is 72.8 Å². The van der Waals surface area contributed by atoms with Crippen LogP contribution in [0.5, 0.6) is 17.2 Å². The summed E-state index contributed by atoms with van der Waals surface area (Å²) >= 11 is 6.57. The molecule has 8 nitrogen and oxygen atoms in total. The normalized spacial score (nSPS) is 17.5. The minimum Gasteiger partial charge on any atom is -0.497 e. The number of halogens is 1. The number of ether oxygens (including phenoxy) is 3. The monoisotopic (exact) mass is 654 g/mol. The Morgan fingerprint density at radius 3 is 2.24 bits per heavy atom. The lowest BCUT2D eigenvalue weighted by Crippen LogP contribution is -2.33. The number of anilines is 1. The number of benzene rings is 3. The van der Waals surface area contributed by atoms with Gasteiger partial charge in [0.15, 0.2) is 11.5 Å². The fourth-order valence-electron chi connectivity index (χ4n) is 5.59. The average molecular weight is 655 g/mol. The first-order valence-electron chi connectivity index (χ1n) is 16.0. The van der Waals surface area contributed by atoms with Crippen LogP contribution in [-0.4, -0.2) is 44.9 Å². The van der Waals surface area contributed by atoms with Crippen LogP contribution < -0.4 is 24.8 Å². The summed E-state index contributed by atoms with van der Waals surface area (Å²) in [5.74, 6) is 3.18. The van der Waals surface area contributed by atoms with Gasteiger partial charge in [0.2, 0.25) is 5.91 Å². The third kappa shape index (κ3) is 10.1. The van der Waals surface area contributed by atoms with Crippen LogP contribution in [0.4, 0.5) is 5.69 Å². The van der Waals surface area contributed by atoms with E-state index in [0.29, 0.717) is 36.4 Å². The highest BCUT2D eigenvalue weighted by molar-refractivity contribution is 6.30. The fraction of sp³-hybridized carbons (Fsp3) is 0.459. The number of hydrogen-bond acceptors (Lipinski definition) is 6. The van der Waals surface area contributed by atoms with Crippen molar-refractivity contribution in [3.05, 3.63) is 81.9 Å². The molecule has 0 aromatic heterocycles. The van der Waals surface area contributed by atoms with E-state index >= 15 is 0 Å². The third-order valence-corrected chi connectivity index (χ3v) is 8.23. The van der Waals surface area contributed by atoms with Crippen molar-refractivity contribution < 1.29 is 28.9 Å². The second-order valence-corrected chi connectivity index (χ2v) is 11.6. The van der Waals surface area contributed by atoms with E-state index in [1.807, 2.05) is 67.3 Å². The van der Waals surface area contributed by atoms with Crippen molar-refractivity contribution in [2.75, 3.05) is 32.3 Å². The van der Waals surface area contributed by atoms with E-state index in [-0.39, 0.29) is 18.3 Å². The van der Waals surface area contributed by atoms with Gasteiger partial charge >= 0.3 is 0 Å². The summed E-state index contributed by atoms with van der Waals surface area (Å²) in [4.78, 5) is 23.9. The Bertz CT molecular complexity index is 1400. The second kappa shape index (κ2) is 19.7. The topological polar surface area (TPSA) is 111 Å². The van der Waals surface area contributed by atoms with E-state index in [4.69, 9.17) is 41.4 Å². The van der Waals surface area contributed by atoms with Crippen LogP contribution in [0.1, 0.15) is 81.5 Å². The van der Waals surface area contributed by atoms with E-state index in [1.54, 1.807) is 14.2 Å². The quantitative estimate of drug-likeness (QED) is 0.235. The molecule has 1 heterocycles. The number of nitrogens with two attached hydrogens (primary N) is 1. The minimum atomic E-state index is -0.250. The predicted octanol–water partition coefficient (Wildman–Crippen LogP) is 8.24. The number of aryl methyl sites for hydroxylation is 1. The standard InChI is InChI=1S/C30H32ClNO4.C4H10.C2H7N.CH2O2/c1-5-36-30-23(7-6-8-27(30)35-4)29-24-14-20(24)15-28(33)32(26-12-10-21(31)16-25(26)29)17-19-9-11-22(34-3)13-18(19)2;1-3-4-2;1-2-3;2-1-3/h6-13,16,20,24,29H,5,14-15,17H2,1-4H3;3-4H2,1-2H3;2-3H2,1H3;1H,(H,2,3)/t20?,24?,29-;;;/m0.../s1. The number of para-hydroxylation sites is 1. The summed E-state index contributed by atoms with van der Waals surface area (Å²) < 4.78 is 17.2. The fourth-order valence-corrected chi connectivity index (χ4v) is 5.77. The van der Waals surface area contributed by atoms with Gasteiger partial charge in [0.25, 0.3) is 6.47 Å². The molecule has 1 aliphatic carbocycles. The van der Waals surface area contributed by atoms with Crippen LogP contribution >= 0.6 is 11.6 Å². The molecule has 0 radical (unpaired) electrons. The second-order valence-electron chi connectivity index (χ2n) is 11.1. The summed E-state index contributed by atoms with van der Waals surface area (Å²) in [7, 11) is 3.33. The molecule has 5 rings (SSSR count). The Kier molecular flexibility index (Phi) is 16.5. The molecule has 1 aliphatic heterocycles. The molecule has 1 saturated carbocycles. The lowest BCUT2D eigenvalue weighted by molar-refractivity contribution is -0.123. The van der Waals surface area contributed by atoms with Gasteiger partial charge in [-0.3, -0.25) is 9.59 Å². The highest BCUT2D eigenvalue weighted by Gasteiger charge is 2.49. The number of hydrogen-bond donors (Lipinski definition) is 2. The zero-order chi connectivity index (χ0) is 34.2. The summed E-state index contributed by atoms with van der Waals surface area (Å²) in [5.41, 5.74) is 10.1. The van der Waals surface area contributed by atoms with Gasteiger partial charge in [-0.05, 0) is 91.7 Å². The average Bonchev–Trinajstić information content (AvgIpc) is 3.79. The molecule has 3 atom stereocenters. The van der Waals surface area contributed by atoms with Gasteiger partial charge in [0.1, 0.15) is 5.75 Å². The van der Waals surface area contributed by atoms with Crippen LogP contribution in [0.3, 0.4) is 0 Å². The maximum absolute atomic E-state index is 13.6. The van der Waals surface area contributed by atoms with Crippen molar-refractivity contribution in [3.63, 3.8) is 0 Å². The van der Waals surface area contributed by atoms with Gasteiger partial charge in [-0.25, -0.2) is 0 Å². The van der Waals surface area contributed by atoms with Crippen molar-refractivity contribution >= 4 is 29.7 Å². The molecule has 0 spiro atoms. The van der Waals surface area contributed by atoms with Crippen molar-refractivity contribution in [3.8, 4) is 17.2 Å². The third-order valence-electron chi connectivity index (χ3n) is 7.99. The molecule has 1 fully saturated rings. The number of rotatable bonds is 8. The largest absolute Gasteiger partial charge is 0.497 e. The molecule has 2 aliphatic rings. The van der Waals surface area contributed by atoms with Crippen molar-refractivity contribution in [1.29, 1.82) is 0 Å². The Labute approximate surface area is 279 Å². The highest BCUT2D eigenvalue weighted by atomic mass is 35.5. The molecule has 1 amide bonds. The van der Waals surface area contributed by atoms with E-state index in [0.717, 1.165) is 58.2 Å². The Balaban J connectivity index is 0.000000652. The SMILES string of the molecule is CCCC.CCN.CCOc1c(OC)cccc1[C@@H]1c2cc(Cl)ccc2N(Cc2ccc(OC)cc2C)C(=O)CC2CC21.O=CO. The Hall–Kier alpha value is -3.75. The molecule has 46 heavy (non-hydrogen) atoms. The first-order valence-corrected chi connectivity index (χ1v) is 16.4. The molecule has 3 N–H and O–H groups in total. The lowest BCUT2D eigenvalue weighted by atomic mass is 9.83. The predicted molar refractivity (Wildman–Crippen MR) is 187 cm³/mol. The molecular weight excluding hydrogens is 604 g/mol. The van der Waals surface area contributed by atoms with E-state index in [2.05, 4.69) is 26.8 Å². The van der Waals surface area contributed by atoms with Gasteiger partial charge in [-0.15, -0.1) is 0 Å². The van der Waals surface area contributed by atoms with Crippen LogP contribution in [-0.2, 0) is 16.1 Å². The number of fused-ring (bicyclic) bond motifs is 2. The molecule has 3 aromatic rings. The number of methoxy groups -OCH3 is 2.